The van der Waals surface area contributed by atoms with Crippen molar-refractivity contribution in [2.75, 3.05) is 18.5 Å². The molecular weight excluding hydrogens is 335 g/mol. The lowest BCUT2D eigenvalue weighted by atomic mass is 10.1. The Morgan fingerprint density at radius 3 is 2.54 bits per heavy atom. The highest BCUT2D eigenvalue weighted by molar-refractivity contribution is 5.90. The topological polar surface area (TPSA) is 67.4 Å². The number of hydrogen-bond acceptors (Lipinski definition) is 3. The van der Waals surface area contributed by atoms with Crippen LogP contribution in [0, 0.1) is 5.82 Å². The molecule has 0 heterocycles. The van der Waals surface area contributed by atoms with Gasteiger partial charge in [0.1, 0.15) is 5.82 Å². The van der Waals surface area contributed by atoms with Gasteiger partial charge in [-0.15, -0.1) is 0 Å². The highest BCUT2D eigenvalue weighted by atomic mass is 19.1. The summed E-state index contributed by atoms with van der Waals surface area (Å²) in [7, 11) is 0. The van der Waals surface area contributed by atoms with Crippen molar-refractivity contribution < 1.29 is 18.7 Å². The maximum absolute atomic E-state index is 13.5. The normalized spacial score (nSPS) is 10.5. The molecule has 0 aliphatic rings. The second-order valence-corrected chi connectivity index (χ2v) is 5.43. The zero-order chi connectivity index (χ0) is 18.8. The molecule has 2 amide bonds. The van der Waals surface area contributed by atoms with Crippen LogP contribution in [0.1, 0.15) is 18.1 Å². The zero-order valence-electron chi connectivity index (χ0n) is 14.5. The summed E-state index contributed by atoms with van der Waals surface area (Å²) in [5, 5.41) is 5.38. The van der Waals surface area contributed by atoms with Crippen LogP contribution >= 0.6 is 0 Å². The van der Waals surface area contributed by atoms with Crippen molar-refractivity contribution in [2.24, 2.45) is 0 Å². The van der Waals surface area contributed by atoms with Crippen LogP contribution < -0.4 is 10.6 Å². The van der Waals surface area contributed by atoms with Gasteiger partial charge in [0, 0.05) is 18.3 Å². The number of benzene rings is 2. The van der Waals surface area contributed by atoms with E-state index in [9.17, 15) is 14.0 Å². The van der Waals surface area contributed by atoms with E-state index in [1.807, 2.05) is 0 Å². The van der Waals surface area contributed by atoms with E-state index in [0.29, 0.717) is 30.8 Å². The molecule has 0 atom stereocenters. The van der Waals surface area contributed by atoms with Crippen molar-refractivity contribution >= 4 is 23.8 Å². The van der Waals surface area contributed by atoms with E-state index in [4.69, 9.17) is 4.74 Å². The van der Waals surface area contributed by atoms with Crippen LogP contribution in [0.15, 0.2) is 54.6 Å². The number of urea groups is 1. The number of rotatable bonds is 7. The van der Waals surface area contributed by atoms with Crippen LogP contribution in [0.4, 0.5) is 14.9 Å². The number of anilines is 1. The lowest BCUT2D eigenvalue weighted by molar-refractivity contribution is -0.137. The number of esters is 1. The fourth-order valence-corrected chi connectivity index (χ4v) is 2.22. The van der Waals surface area contributed by atoms with Gasteiger partial charge in [-0.05, 0) is 48.7 Å². The molecule has 0 aromatic heterocycles. The van der Waals surface area contributed by atoms with Crippen molar-refractivity contribution in [3.63, 3.8) is 0 Å². The molecule has 0 aliphatic carbocycles. The third-order valence-corrected chi connectivity index (χ3v) is 3.50. The summed E-state index contributed by atoms with van der Waals surface area (Å²) in [6, 6.07) is 13.1. The summed E-state index contributed by atoms with van der Waals surface area (Å²) in [5.74, 6) is -0.676. The first-order valence-electron chi connectivity index (χ1n) is 8.31. The van der Waals surface area contributed by atoms with E-state index in [1.54, 1.807) is 55.5 Å². The van der Waals surface area contributed by atoms with E-state index < -0.39 is 5.97 Å². The lowest BCUT2D eigenvalue weighted by Crippen LogP contribution is -2.30. The zero-order valence-corrected chi connectivity index (χ0v) is 14.5. The van der Waals surface area contributed by atoms with Crippen LogP contribution in [0.25, 0.3) is 6.08 Å². The van der Waals surface area contributed by atoms with Crippen molar-refractivity contribution in [3.05, 3.63) is 71.6 Å². The highest BCUT2D eigenvalue weighted by Crippen LogP contribution is 2.11. The number of hydrogen-bond donors (Lipinski definition) is 2. The van der Waals surface area contributed by atoms with Gasteiger partial charge in [0.25, 0.3) is 0 Å². The van der Waals surface area contributed by atoms with E-state index in [0.717, 1.165) is 5.56 Å². The Morgan fingerprint density at radius 1 is 1.12 bits per heavy atom. The monoisotopic (exact) mass is 356 g/mol. The first kappa shape index (κ1) is 19.2. The van der Waals surface area contributed by atoms with E-state index in [-0.39, 0.29) is 11.8 Å². The second kappa shape index (κ2) is 9.98. The molecule has 0 unspecified atom stereocenters. The maximum atomic E-state index is 13.5. The molecule has 2 aromatic rings. The Hall–Kier alpha value is -3.15. The van der Waals surface area contributed by atoms with E-state index in [1.165, 1.54) is 12.1 Å². The molecule has 0 saturated carbocycles. The molecule has 2 aromatic carbocycles. The third kappa shape index (κ3) is 6.39. The van der Waals surface area contributed by atoms with Gasteiger partial charge < -0.3 is 15.4 Å². The molecule has 26 heavy (non-hydrogen) atoms. The standard InChI is InChI=1S/C20H21FN2O3/c1-2-26-19(24)12-9-15-7-10-17(11-8-15)23-20(25)22-14-13-16-5-3-4-6-18(16)21/h3-12H,2,13-14H2,1H3,(H2,22,23,25)/b12-9+. The van der Waals surface area contributed by atoms with Crippen molar-refractivity contribution in [1.82, 2.24) is 5.32 Å². The minimum absolute atomic E-state index is 0.277. The van der Waals surface area contributed by atoms with Gasteiger partial charge in [0.15, 0.2) is 0 Å². The summed E-state index contributed by atoms with van der Waals surface area (Å²) in [4.78, 5) is 23.1. The number of amides is 2. The SMILES string of the molecule is CCOC(=O)/C=C/c1ccc(NC(=O)NCCc2ccccc2F)cc1. The fraction of sp³-hybridized carbons (Fsp3) is 0.200. The third-order valence-electron chi connectivity index (χ3n) is 3.50. The van der Waals surface area contributed by atoms with Crippen molar-refractivity contribution in [3.8, 4) is 0 Å². The predicted molar refractivity (Wildman–Crippen MR) is 99.2 cm³/mol. The highest BCUT2D eigenvalue weighted by Gasteiger charge is 2.04. The molecule has 0 fully saturated rings. The number of carbonyl (C=O) groups excluding carboxylic acids is 2. The smallest absolute Gasteiger partial charge is 0.330 e. The van der Waals surface area contributed by atoms with Gasteiger partial charge in [-0.1, -0.05) is 30.3 Å². The second-order valence-electron chi connectivity index (χ2n) is 5.43. The minimum Gasteiger partial charge on any atom is -0.463 e. The number of ether oxygens (including phenoxy) is 1. The summed E-state index contributed by atoms with van der Waals surface area (Å²) in [5.41, 5.74) is 1.98. The Balaban J connectivity index is 1.78. The van der Waals surface area contributed by atoms with Gasteiger partial charge in [-0.3, -0.25) is 0 Å². The molecule has 2 rings (SSSR count). The van der Waals surface area contributed by atoms with Gasteiger partial charge in [0.05, 0.1) is 6.61 Å². The average molecular weight is 356 g/mol. The summed E-state index contributed by atoms with van der Waals surface area (Å²) in [6.07, 6.45) is 3.40. The Morgan fingerprint density at radius 2 is 1.85 bits per heavy atom. The van der Waals surface area contributed by atoms with E-state index >= 15 is 0 Å². The molecule has 2 N–H and O–H groups in total. The number of halogens is 1. The fourth-order valence-electron chi connectivity index (χ4n) is 2.22. The van der Waals surface area contributed by atoms with Gasteiger partial charge in [-0.2, -0.15) is 0 Å². The number of carbonyl (C=O) groups is 2. The van der Waals surface area contributed by atoms with Crippen molar-refractivity contribution in [1.29, 1.82) is 0 Å². The quantitative estimate of drug-likeness (QED) is 0.586. The van der Waals surface area contributed by atoms with Crippen molar-refractivity contribution in [2.45, 2.75) is 13.3 Å². The predicted octanol–water partition coefficient (Wildman–Crippen LogP) is 3.77. The summed E-state index contributed by atoms with van der Waals surface area (Å²) < 4.78 is 18.3. The largest absolute Gasteiger partial charge is 0.463 e. The molecule has 0 saturated heterocycles. The van der Waals surface area contributed by atoms with Crippen LogP contribution in [0.2, 0.25) is 0 Å². The minimum atomic E-state index is -0.399. The molecule has 136 valence electrons. The first-order valence-corrected chi connectivity index (χ1v) is 8.31. The Labute approximate surface area is 151 Å². The maximum Gasteiger partial charge on any atom is 0.330 e. The molecule has 0 bridgehead atoms. The van der Waals surface area contributed by atoms with Gasteiger partial charge >= 0.3 is 12.0 Å². The molecule has 0 aliphatic heterocycles. The van der Waals surface area contributed by atoms with Gasteiger partial charge in [-0.25, -0.2) is 14.0 Å². The van der Waals surface area contributed by atoms with E-state index in [2.05, 4.69) is 10.6 Å². The van der Waals surface area contributed by atoms with Crippen LogP contribution in [0.3, 0.4) is 0 Å². The molecular formula is C20H21FN2O3. The summed E-state index contributed by atoms with van der Waals surface area (Å²) >= 11 is 0. The first-order chi connectivity index (χ1) is 12.6. The van der Waals surface area contributed by atoms with Crippen LogP contribution in [0.5, 0.6) is 0 Å². The molecule has 5 nitrogen and oxygen atoms in total. The van der Waals surface area contributed by atoms with Crippen LogP contribution in [-0.2, 0) is 16.0 Å². The summed E-state index contributed by atoms with van der Waals surface area (Å²) in [6.45, 7) is 2.40. The number of nitrogens with one attached hydrogen (secondary N) is 2. The average Bonchev–Trinajstić information content (AvgIpc) is 2.63. The Kier molecular flexibility index (Phi) is 7.36. The lowest BCUT2D eigenvalue weighted by Gasteiger charge is -2.08. The van der Waals surface area contributed by atoms with Gasteiger partial charge in [0.2, 0.25) is 0 Å². The van der Waals surface area contributed by atoms with Crippen LogP contribution in [-0.4, -0.2) is 25.2 Å². The molecule has 6 heteroatoms. The Bertz CT molecular complexity index is 773. The molecule has 0 spiro atoms. The molecule has 0 radical (unpaired) electrons.